The summed E-state index contributed by atoms with van der Waals surface area (Å²) in [5, 5.41) is 6.59. The van der Waals surface area contributed by atoms with E-state index in [0.717, 1.165) is 63.9 Å². The van der Waals surface area contributed by atoms with Gasteiger partial charge in [0.1, 0.15) is 5.82 Å². The van der Waals surface area contributed by atoms with Gasteiger partial charge in [0.05, 0.1) is 25.4 Å². The highest BCUT2D eigenvalue weighted by Gasteiger charge is 2.09. The molecule has 0 unspecified atom stereocenters. The molecule has 1 aromatic carbocycles. The van der Waals surface area contributed by atoms with Gasteiger partial charge in [0.15, 0.2) is 5.96 Å². The number of aliphatic imine (C=N–C) groups is 1. The van der Waals surface area contributed by atoms with Crippen LogP contribution in [0.15, 0.2) is 23.2 Å². The Labute approximate surface area is 179 Å². The molecule has 0 saturated carbocycles. The molecule has 0 amide bonds. The van der Waals surface area contributed by atoms with Gasteiger partial charge in [-0.3, -0.25) is 4.90 Å². The van der Waals surface area contributed by atoms with Crippen molar-refractivity contribution in [1.82, 2.24) is 15.5 Å². The fourth-order valence-electron chi connectivity index (χ4n) is 2.86. The van der Waals surface area contributed by atoms with Crippen molar-refractivity contribution in [2.24, 2.45) is 4.99 Å². The summed E-state index contributed by atoms with van der Waals surface area (Å²) in [5.41, 5.74) is 1.45. The normalized spacial score (nSPS) is 15.2. The number of anilines is 1. The zero-order valence-corrected chi connectivity index (χ0v) is 19.0. The Morgan fingerprint density at radius 3 is 2.63 bits per heavy atom. The van der Waals surface area contributed by atoms with Gasteiger partial charge in [-0.15, -0.1) is 24.0 Å². The Balaban J connectivity index is 0.00000364. The first-order chi connectivity index (χ1) is 12.6. The van der Waals surface area contributed by atoms with E-state index in [-0.39, 0.29) is 29.8 Å². The number of hydrogen-bond acceptors (Lipinski definition) is 4. The number of nitrogens with zero attached hydrogens (tertiary/aromatic N) is 3. The number of morpholine rings is 1. The lowest BCUT2D eigenvalue weighted by molar-refractivity contribution is 0.0376. The second-order valence-electron chi connectivity index (χ2n) is 6.61. The molecule has 2 N–H and O–H groups in total. The van der Waals surface area contributed by atoms with E-state index in [1.54, 1.807) is 17.0 Å². The Morgan fingerprint density at radius 2 is 2.00 bits per heavy atom. The van der Waals surface area contributed by atoms with Crippen molar-refractivity contribution < 1.29 is 9.13 Å². The van der Waals surface area contributed by atoms with Gasteiger partial charge in [0, 0.05) is 40.3 Å². The highest BCUT2D eigenvalue weighted by molar-refractivity contribution is 14.0. The molecule has 1 heterocycles. The van der Waals surface area contributed by atoms with Crippen molar-refractivity contribution in [2.45, 2.75) is 19.9 Å². The summed E-state index contributed by atoms with van der Waals surface area (Å²) >= 11 is 0. The largest absolute Gasteiger partial charge is 0.379 e. The van der Waals surface area contributed by atoms with Crippen LogP contribution in [0, 0.1) is 5.82 Å². The van der Waals surface area contributed by atoms with Crippen LogP contribution in [-0.4, -0.2) is 70.9 Å². The lowest BCUT2D eigenvalue weighted by Gasteiger charge is -2.26. The van der Waals surface area contributed by atoms with Crippen molar-refractivity contribution in [3.63, 3.8) is 0 Å². The topological polar surface area (TPSA) is 52.1 Å². The molecule has 1 aromatic rings. The number of ether oxygens (including phenoxy) is 1. The summed E-state index contributed by atoms with van der Waals surface area (Å²) in [6.07, 6.45) is 1.05. The van der Waals surface area contributed by atoms with Crippen molar-refractivity contribution >= 4 is 35.6 Å². The van der Waals surface area contributed by atoms with E-state index in [4.69, 9.17) is 4.74 Å². The van der Waals surface area contributed by atoms with Crippen LogP contribution in [0.4, 0.5) is 10.1 Å². The number of halogens is 2. The van der Waals surface area contributed by atoms with E-state index < -0.39 is 0 Å². The minimum Gasteiger partial charge on any atom is -0.379 e. The van der Waals surface area contributed by atoms with Crippen molar-refractivity contribution in [2.75, 3.05) is 64.9 Å². The summed E-state index contributed by atoms with van der Waals surface area (Å²) in [5.74, 6) is 0.553. The van der Waals surface area contributed by atoms with Crippen LogP contribution >= 0.6 is 24.0 Å². The molecule has 1 saturated heterocycles. The second-order valence-corrected chi connectivity index (χ2v) is 6.61. The SMILES string of the molecule is CCNC(=NCc1ccc(N(C)C)c(F)c1)NCCCN1CCOCC1.I. The Kier molecular flexibility index (Phi) is 11.6. The maximum absolute atomic E-state index is 14.1. The first-order valence-electron chi connectivity index (χ1n) is 9.38. The lowest BCUT2D eigenvalue weighted by atomic mass is 10.2. The molecule has 154 valence electrons. The fraction of sp³-hybridized carbons (Fsp3) is 0.632. The zero-order chi connectivity index (χ0) is 18.8. The van der Waals surface area contributed by atoms with Gasteiger partial charge in [0.25, 0.3) is 0 Å². The third-order valence-electron chi connectivity index (χ3n) is 4.31. The molecule has 0 spiro atoms. The Morgan fingerprint density at radius 1 is 1.26 bits per heavy atom. The summed E-state index contributed by atoms with van der Waals surface area (Å²) in [7, 11) is 3.67. The minimum absolute atomic E-state index is 0. The first kappa shape index (κ1) is 23.9. The molecule has 6 nitrogen and oxygen atoms in total. The average Bonchev–Trinajstić information content (AvgIpc) is 2.63. The highest BCUT2D eigenvalue weighted by Crippen LogP contribution is 2.18. The quantitative estimate of drug-likeness (QED) is 0.252. The molecular weight excluding hydrogens is 460 g/mol. The first-order valence-corrected chi connectivity index (χ1v) is 9.38. The molecule has 0 bridgehead atoms. The molecular formula is C19H33FIN5O. The van der Waals surface area contributed by atoms with Gasteiger partial charge < -0.3 is 20.3 Å². The lowest BCUT2D eigenvalue weighted by Crippen LogP contribution is -2.40. The summed E-state index contributed by atoms with van der Waals surface area (Å²) in [6, 6.07) is 5.27. The maximum atomic E-state index is 14.1. The zero-order valence-electron chi connectivity index (χ0n) is 16.6. The molecule has 1 fully saturated rings. The average molecular weight is 493 g/mol. The minimum atomic E-state index is -0.217. The Hall–Kier alpha value is -1.13. The van der Waals surface area contributed by atoms with E-state index in [9.17, 15) is 4.39 Å². The van der Waals surface area contributed by atoms with Gasteiger partial charge in [-0.25, -0.2) is 9.38 Å². The number of nitrogens with one attached hydrogen (secondary N) is 2. The standard InChI is InChI=1S/C19H32FN5O.HI/c1-4-21-19(22-8-5-9-25-10-12-26-13-11-25)23-15-16-6-7-18(24(2)3)17(20)14-16;/h6-7,14H,4-5,8-13,15H2,1-3H3,(H2,21,22,23);1H. The molecule has 0 atom stereocenters. The Bertz CT molecular complexity index is 579. The van der Waals surface area contributed by atoms with Crippen LogP contribution in [0.2, 0.25) is 0 Å². The fourth-order valence-corrected chi connectivity index (χ4v) is 2.86. The third-order valence-corrected chi connectivity index (χ3v) is 4.31. The highest BCUT2D eigenvalue weighted by atomic mass is 127. The van der Waals surface area contributed by atoms with Gasteiger partial charge in [-0.05, 0) is 37.6 Å². The second kappa shape index (κ2) is 13.1. The van der Waals surface area contributed by atoms with E-state index in [2.05, 4.69) is 20.5 Å². The van der Waals surface area contributed by atoms with Crippen LogP contribution < -0.4 is 15.5 Å². The molecule has 8 heteroatoms. The number of rotatable bonds is 8. The molecule has 1 aliphatic heterocycles. The number of guanidine groups is 1. The summed E-state index contributed by atoms with van der Waals surface area (Å²) in [4.78, 5) is 8.75. The molecule has 27 heavy (non-hydrogen) atoms. The van der Waals surface area contributed by atoms with Crippen molar-refractivity contribution in [3.8, 4) is 0 Å². The molecule has 2 rings (SSSR count). The number of benzene rings is 1. The predicted molar refractivity (Wildman–Crippen MR) is 121 cm³/mol. The van der Waals surface area contributed by atoms with Gasteiger partial charge >= 0.3 is 0 Å². The molecule has 0 aromatic heterocycles. The van der Waals surface area contributed by atoms with Crippen LogP contribution in [-0.2, 0) is 11.3 Å². The van der Waals surface area contributed by atoms with Crippen LogP contribution in [0.25, 0.3) is 0 Å². The molecule has 0 aliphatic carbocycles. The molecule has 1 aliphatic rings. The van der Waals surface area contributed by atoms with E-state index in [1.165, 1.54) is 0 Å². The van der Waals surface area contributed by atoms with E-state index >= 15 is 0 Å². The van der Waals surface area contributed by atoms with Crippen LogP contribution in [0.3, 0.4) is 0 Å². The molecule has 0 radical (unpaired) electrons. The van der Waals surface area contributed by atoms with Gasteiger partial charge in [-0.1, -0.05) is 6.07 Å². The van der Waals surface area contributed by atoms with Crippen molar-refractivity contribution in [3.05, 3.63) is 29.6 Å². The van der Waals surface area contributed by atoms with Crippen LogP contribution in [0.5, 0.6) is 0 Å². The van der Waals surface area contributed by atoms with E-state index in [1.807, 2.05) is 27.1 Å². The summed E-state index contributed by atoms with van der Waals surface area (Å²) in [6.45, 7) is 8.90. The predicted octanol–water partition coefficient (Wildman–Crippen LogP) is 2.29. The summed E-state index contributed by atoms with van der Waals surface area (Å²) < 4.78 is 19.4. The van der Waals surface area contributed by atoms with Crippen molar-refractivity contribution in [1.29, 1.82) is 0 Å². The van der Waals surface area contributed by atoms with Gasteiger partial charge in [0.2, 0.25) is 0 Å². The number of hydrogen-bond donors (Lipinski definition) is 2. The van der Waals surface area contributed by atoms with Gasteiger partial charge in [-0.2, -0.15) is 0 Å². The van der Waals surface area contributed by atoms with E-state index in [0.29, 0.717) is 12.2 Å². The maximum Gasteiger partial charge on any atom is 0.191 e. The smallest absolute Gasteiger partial charge is 0.191 e. The van der Waals surface area contributed by atoms with Crippen LogP contribution in [0.1, 0.15) is 18.9 Å². The third kappa shape index (κ3) is 8.61. The monoisotopic (exact) mass is 493 g/mol.